The van der Waals surface area contributed by atoms with Crippen molar-refractivity contribution in [1.82, 2.24) is 20.3 Å². The number of benzene rings is 1. The van der Waals surface area contributed by atoms with Crippen LogP contribution < -0.4 is 5.32 Å². The van der Waals surface area contributed by atoms with Crippen LogP contribution in [0.4, 0.5) is 9.52 Å². The fourth-order valence-electron chi connectivity index (χ4n) is 3.54. The van der Waals surface area contributed by atoms with Crippen molar-refractivity contribution < 1.29 is 18.5 Å². The van der Waals surface area contributed by atoms with E-state index in [1.165, 1.54) is 23.5 Å². The quantitative estimate of drug-likeness (QED) is 0.684. The summed E-state index contributed by atoms with van der Waals surface area (Å²) in [6, 6.07) is 4.42. The van der Waals surface area contributed by atoms with Crippen LogP contribution in [0.5, 0.6) is 0 Å². The number of aromatic nitrogens is 3. The molecule has 29 heavy (non-hydrogen) atoms. The van der Waals surface area contributed by atoms with Crippen molar-refractivity contribution >= 4 is 39.3 Å². The third-order valence-electron chi connectivity index (χ3n) is 5.03. The molecular weight excluding hydrogens is 397 g/mol. The Morgan fingerprint density at radius 3 is 2.79 bits per heavy atom. The van der Waals surface area contributed by atoms with Crippen LogP contribution in [0.1, 0.15) is 42.3 Å². The zero-order valence-electron chi connectivity index (χ0n) is 15.9. The zero-order chi connectivity index (χ0) is 20.4. The molecule has 1 saturated heterocycles. The SMILES string of the molecule is Cc1nnc(NC(=O)CCC(=O)N2CCC(c3noc4cc(F)ccc34)CC2)s1. The van der Waals surface area contributed by atoms with E-state index >= 15 is 0 Å². The maximum Gasteiger partial charge on any atom is 0.226 e. The summed E-state index contributed by atoms with van der Waals surface area (Å²) in [6.45, 7) is 2.99. The molecule has 3 aromatic rings. The van der Waals surface area contributed by atoms with Gasteiger partial charge in [-0.15, -0.1) is 10.2 Å². The summed E-state index contributed by atoms with van der Waals surface area (Å²) < 4.78 is 18.6. The summed E-state index contributed by atoms with van der Waals surface area (Å²) in [5.74, 6) is -0.481. The van der Waals surface area contributed by atoms with Gasteiger partial charge in [-0.3, -0.25) is 9.59 Å². The second-order valence-corrected chi connectivity index (χ2v) is 8.22. The van der Waals surface area contributed by atoms with Gasteiger partial charge in [-0.2, -0.15) is 0 Å². The van der Waals surface area contributed by atoms with Gasteiger partial charge in [-0.05, 0) is 31.9 Å². The van der Waals surface area contributed by atoms with Crippen molar-refractivity contribution in [1.29, 1.82) is 0 Å². The lowest BCUT2D eigenvalue weighted by Crippen LogP contribution is -2.38. The Bertz CT molecular complexity index is 1040. The van der Waals surface area contributed by atoms with Gasteiger partial charge in [-0.1, -0.05) is 16.5 Å². The minimum atomic E-state index is -0.356. The molecule has 2 amide bonds. The van der Waals surface area contributed by atoms with Crippen molar-refractivity contribution in [3.05, 3.63) is 34.7 Å². The molecule has 1 N–H and O–H groups in total. The molecule has 10 heteroatoms. The van der Waals surface area contributed by atoms with Crippen LogP contribution in [-0.4, -0.2) is 45.2 Å². The number of rotatable bonds is 5. The first-order valence-electron chi connectivity index (χ1n) is 9.42. The second kappa shape index (κ2) is 8.24. The fourth-order valence-corrected chi connectivity index (χ4v) is 4.14. The van der Waals surface area contributed by atoms with E-state index in [1.54, 1.807) is 17.9 Å². The average molecular weight is 417 g/mol. The summed E-state index contributed by atoms with van der Waals surface area (Å²) in [6.07, 6.45) is 1.76. The Kier molecular flexibility index (Phi) is 5.52. The van der Waals surface area contributed by atoms with Crippen LogP contribution in [0.2, 0.25) is 0 Å². The summed E-state index contributed by atoms with van der Waals surface area (Å²) in [7, 11) is 0. The highest BCUT2D eigenvalue weighted by molar-refractivity contribution is 7.15. The number of likely N-dealkylation sites (tertiary alicyclic amines) is 1. The maximum absolute atomic E-state index is 13.3. The lowest BCUT2D eigenvalue weighted by atomic mass is 9.91. The molecule has 2 aromatic heterocycles. The van der Waals surface area contributed by atoms with Crippen LogP contribution in [0, 0.1) is 12.7 Å². The Morgan fingerprint density at radius 2 is 2.07 bits per heavy atom. The van der Waals surface area contributed by atoms with Crippen molar-refractivity contribution in [2.75, 3.05) is 18.4 Å². The van der Waals surface area contributed by atoms with Gasteiger partial charge in [-0.25, -0.2) is 4.39 Å². The van der Waals surface area contributed by atoms with E-state index in [4.69, 9.17) is 4.52 Å². The molecule has 0 aliphatic carbocycles. The van der Waals surface area contributed by atoms with Crippen molar-refractivity contribution in [3.63, 3.8) is 0 Å². The molecule has 0 saturated carbocycles. The first-order chi connectivity index (χ1) is 14.0. The predicted molar refractivity (Wildman–Crippen MR) is 105 cm³/mol. The van der Waals surface area contributed by atoms with Gasteiger partial charge in [0.25, 0.3) is 0 Å². The maximum atomic E-state index is 13.3. The Labute approximate surface area is 170 Å². The highest BCUT2D eigenvalue weighted by Crippen LogP contribution is 2.33. The third kappa shape index (κ3) is 4.42. The minimum absolute atomic E-state index is 0.0425. The van der Waals surface area contributed by atoms with E-state index in [2.05, 4.69) is 20.7 Å². The highest BCUT2D eigenvalue weighted by Gasteiger charge is 2.27. The molecule has 3 heterocycles. The standard InChI is InChI=1S/C19H20FN5O3S/c1-11-22-23-19(29-11)21-16(26)4-5-17(27)25-8-6-12(7-9-25)18-14-3-2-13(20)10-15(14)28-24-18/h2-3,10,12H,4-9H2,1H3,(H,21,23,26). The van der Waals surface area contributed by atoms with E-state index < -0.39 is 0 Å². The van der Waals surface area contributed by atoms with Crippen LogP contribution in [0.25, 0.3) is 11.0 Å². The van der Waals surface area contributed by atoms with Gasteiger partial charge >= 0.3 is 0 Å². The van der Waals surface area contributed by atoms with Gasteiger partial charge < -0.3 is 14.7 Å². The lowest BCUT2D eigenvalue weighted by Gasteiger charge is -2.31. The fraction of sp³-hybridized carbons (Fsp3) is 0.421. The second-order valence-electron chi connectivity index (χ2n) is 7.04. The van der Waals surface area contributed by atoms with Crippen molar-refractivity contribution in [2.45, 2.75) is 38.5 Å². The number of piperidine rings is 1. The van der Waals surface area contributed by atoms with Crippen LogP contribution in [-0.2, 0) is 9.59 Å². The van der Waals surface area contributed by atoms with Gasteiger partial charge in [0.1, 0.15) is 10.8 Å². The molecule has 8 nitrogen and oxygen atoms in total. The first kappa shape index (κ1) is 19.4. The smallest absolute Gasteiger partial charge is 0.226 e. The van der Waals surface area contributed by atoms with E-state index in [1.807, 2.05) is 0 Å². The molecule has 0 atom stereocenters. The summed E-state index contributed by atoms with van der Waals surface area (Å²) >= 11 is 1.29. The van der Waals surface area contributed by atoms with Gasteiger partial charge in [0.05, 0.1) is 5.69 Å². The van der Waals surface area contributed by atoms with Gasteiger partial charge in [0.15, 0.2) is 5.58 Å². The molecule has 1 fully saturated rings. The normalized spacial score (nSPS) is 15.0. The number of carbonyl (C=O) groups is 2. The molecule has 1 aliphatic heterocycles. The number of halogens is 1. The number of nitrogens with zero attached hydrogens (tertiary/aromatic N) is 4. The molecule has 1 aromatic carbocycles. The number of hydrogen-bond donors (Lipinski definition) is 1. The molecular formula is C19H20FN5O3S. The number of nitrogens with one attached hydrogen (secondary N) is 1. The number of hydrogen-bond acceptors (Lipinski definition) is 7. The minimum Gasteiger partial charge on any atom is -0.356 e. The lowest BCUT2D eigenvalue weighted by molar-refractivity contribution is -0.133. The summed E-state index contributed by atoms with van der Waals surface area (Å²) in [5, 5.41) is 16.5. The molecule has 152 valence electrons. The molecule has 0 unspecified atom stereocenters. The van der Waals surface area contributed by atoms with E-state index in [0.29, 0.717) is 23.8 Å². The van der Waals surface area contributed by atoms with Gasteiger partial charge in [0.2, 0.25) is 16.9 Å². The Hall–Kier alpha value is -2.88. The Balaban J connectivity index is 1.27. The molecule has 1 aliphatic rings. The average Bonchev–Trinajstić information content (AvgIpc) is 3.31. The van der Waals surface area contributed by atoms with E-state index in [-0.39, 0.29) is 36.4 Å². The van der Waals surface area contributed by atoms with Crippen molar-refractivity contribution in [3.8, 4) is 0 Å². The number of carbonyl (C=O) groups excluding carboxylic acids is 2. The zero-order valence-corrected chi connectivity index (χ0v) is 16.7. The highest BCUT2D eigenvalue weighted by atomic mass is 32.1. The number of fused-ring (bicyclic) bond motifs is 1. The first-order valence-corrected chi connectivity index (χ1v) is 10.2. The van der Waals surface area contributed by atoms with Crippen LogP contribution in [0.15, 0.2) is 22.7 Å². The number of amides is 2. The third-order valence-corrected chi connectivity index (χ3v) is 5.79. The van der Waals surface area contributed by atoms with E-state index in [9.17, 15) is 14.0 Å². The van der Waals surface area contributed by atoms with Gasteiger partial charge in [0, 0.05) is 43.3 Å². The molecule has 4 rings (SSSR count). The number of aryl methyl sites for hydroxylation is 1. The summed E-state index contributed by atoms with van der Waals surface area (Å²) in [5.41, 5.74) is 1.26. The molecule has 0 radical (unpaired) electrons. The largest absolute Gasteiger partial charge is 0.356 e. The monoisotopic (exact) mass is 417 g/mol. The molecule has 0 bridgehead atoms. The Morgan fingerprint density at radius 1 is 1.28 bits per heavy atom. The van der Waals surface area contributed by atoms with Crippen LogP contribution in [0.3, 0.4) is 0 Å². The van der Waals surface area contributed by atoms with Crippen molar-refractivity contribution in [2.24, 2.45) is 0 Å². The topological polar surface area (TPSA) is 101 Å². The predicted octanol–water partition coefficient (Wildman–Crippen LogP) is 3.25. The van der Waals surface area contributed by atoms with Crippen LogP contribution >= 0.6 is 11.3 Å². The summed E-state index contributed by atoms with van der Waals surface area (Å²) in [4.78, 5) is 26.2. The number of anilines is 1. The van der Waals surface area contributed by atoms with E-state index in [0.717, 1.165) is 28.9 Å². The molecule has 0 spiro atoms.